The Morgan fingerprint density at radius 2 is 1.65 bits per heavy atom. The number of hydrazine groups is 1. The third-order valence-electron chi connectivity index (χ3n) is 2.52. The van der Waals surface area contributed by atoms with Crippen molar-refractivity contribution in [2.45, 2.75) is 6.54 Å². The van der Waals surface area contributed by atoms with Gasteiger partial charge >= 0.3 is 6.03 Å². The third-order valence-corrected chi connectivity index (χ3v) is 2.52. The van der Waals surface area contributed by atoms with Gasteiger partial charge in [-0.2, -0.15) is 5.10 Å². The van der Waals surface area contributed by atoms with Crippen LogP contribution >= 0.6 is 0 Å². The van der Waals surface area contributed by atoms with Crippen LogP contribution in [0, 0.1) is 0 Å². The molecule has 0 aliphatic heterocycles. The Kier molecular flexibility index (Phi) is 5.30. The molecule has 2 amide bonds. The highest BCUT2D eigenvalue weighted by Gasteiger charge is 1.96. The van der Waals surface area contributed by atoms with E-state index in [1.165, 1.54) is 0 Å². The van der Waals surface area contributed by atoms with Crippen LogP contribution in [0.4, 0.5) is 4.79 Å². The maximum absolute atomic E-state index is 11.4. The number of carbonyl (C=O) groups is 1. The van der Waals surface area contributed by atoms with Gasteiger partial charge in [0.2, 0.25) is 0 Å². The molecule has 20 heavy (non-hydrogen) atoms. The van der Waals surface area contributed by atoms with Gasteiger partial charge in [-0.1, -0.05) is 60.7 Å². The first kappa shape index (κ1) is 13.8. The summed E-state index contributed by atoms with van der Waals surface area (Å²) in [5.74, 6) is 0. The number of hydrogen-bond donors (Lipinski definition) is 3. The lowest BCUT2D eigenvalue weighted by molar-refractivity contribution is 0.236. The van der Waals surface area contributed by atoms with E-state index in [1.54, 1.807) is 6.21 Å². The van der Waals surface area contributed by atoms with Gasteiger partial charge < -0.3 is 0 Å². The van der Waals surface area contributed by atoms with Gasteiger partial charge in [0.05, 0.1) is 6.21 Å². The van der Waals surface area contributed by atoms with Gasteiger partial charge in [0.25, 0.3) is 0 Å². The van der Waals surface area contributed by atoms with Crippen molar-refractivity contribution in [2.24, 2.45) is 5.10 Å². The number of amides is 2. The summed E-state index contributed by atoms with van der Waals surface area (Å²) in [6.07, 6.45) is 1.58. The van der Waals surface area contributed by atoms with Crippen molar-refractivity contribution in [3.05, 3.63) is 71.8 Å². The molecule has 0 spiro atoms. The number of urea groups is 1. The van der Waals surface area contributed by atoms with Crippen LogP contribution in [0.15, 0.2) is 65.8 Å². The quantitative estimate of drug-likeness (QED) is 0.574. The summed E-state index contributed by atoms with van der Waals surface area (Å²) in [5, 5.41) is 3.84. The van der Waals surface area contributed by atoms with Gasteiger partial charge in [0.1, 0.15) is 0 Å². The summed E-state index contributed by atoms with van der Waals surface area (Å²) < 4.78 is 0. The first-order valence-electron chi connectivity index (χ1n) is 6.25. The average Bonchev–Trinajstić information content (AvgIpc) is 2.49. The van der Waals surface area contributed by atoms with Gasteiger partial charge in [-0.3, -0.25) is 5.43 Å². The molecule has 0 bridgehead atoms. The fraction of sp³-hybridized carbons (Fsp3) is 0.0667. The van der Waals surface area contributed by atoms with Crippen molar-refractivity contribution in [3.63, 3.8) is 0 Å². The number of hydrazone groups is 1. The molecule has 0 fully saturated rings. The molecule has 0 radical (unpaired) electrons. The summed E-state index contributed by atoms with van der Waals surface area (Å²) in [7, 11) is 0. The molecule has 0 saturated carbocycles. The van der Waals surface area contributed by atoms with E-state index in [4.69, 9.17) is 0 Å². The van der Waals surface area contributed by atoms with Gasteiger partial charge in [-0.05, 0) is 11.1 Å². The summed E-state index contributed by atoms with van der Waals surface area (Å²) in [5.41, 5.74) is 9.70. The number of rotatable bonds is 5. The second-order valence-electron chi connectivity index (χ2n) is 4.07. The summed E-state index contributed by atoms with van der Waals surface area (Å²) in [6.45, 7) is 0.552. The van der Waals surface area contributed by atoms with E-state index in [0.29, 0.717) is 6.54 Å². The maximum atomic E-state index is 11.4. The van der Waals surface area contributed by atoms with Crippen LogP contribution in [-0.4, -0.2) is 12.2 Å². The Hall–Kier alpha value is -2.66. The van der Waals surface area contributed by atoms with Crippen molar-refractivity contribution in [3.8, 4) is 0 Å². The number of carbonyl (C=O) groups excluding carboxylic acids is 1. The lowest BCUT2D eigenvalue weighted by Crippen LogP contribution is -2.41. The van der Waals surface area contributed by atoms with E-state index in [-0.39, 0.29) is 0 Å². The van der Waals surface area contributed by atoms with Crippen molar-refractivity contribution < 1.29 is 4.79 Å². The molecule has 0 saturated heterocycles. The van der Waals surface area contributed by atoms with E-state index < -0.39 is 6.03 Å². The van der Waals surface area contributed by atoms with Crippen LogP contribution in [0.2, 0.25) is 0 Å². The standard InChI is InChI=1S/C15H16N4O/c20-15(18-16-11-13-7-3-1-4-8-13)19-17-12-14-9-5-2-6-10-14/h1-11,17H,12H2,(H2,18,19,20)/b16-11+. The predicted molar refractivity (Wildman–Crippen MR) is 79.0 cm³/mol. The van der Waals surface area contributed by atoms with Gasteiger partial charge in [-0.15, -0.1) is 0 Å². The van der Waals surface area contributed by atoms with E-state index >= 15 is 0 Å². The normalized spacial score (nSPS) is 10.4. The molecule has 2 aromatic rings. The molecule has 3 N–H and O–H groups in total. The molecule has 102 valence electrons. The zero-order chi connectivity index (χ0) is 14.0. The van der Waals surface area contributed by atoms with E-state index in [2.05, 4.69) is 21.4 Å². The minimum Gasteiger partial charge on any atom is -0.271 e. The van der Waals surface area contributed by atoms with Crippen molar-refractivity contribution in [2.75, 3.05) is 0 Å². The highest BCUT2D eigenvalue weighted by Crippen LogP contribution is 1.96. The van der Waals surface area contributed by atoms with Crippen LogP contribution in [-0.2, 0) is 6.54 Å². The second-order valence-corrected chi connectivity index (χ2v) is 4.07. The molecule has 0 aromatic heterocycles. The highest BCUT2D eigenvalue weighted by molar-refractivity contribution is 5.81. The lowest BCUT2D eigenvalue weighted by atomic mass is 10.2. The van der Waals surface area contributed by atoms with Gasteiger partial charge in [-0.25, -0.2) is 15.6 Å². The lowest BCUT2D eigenvalue weighted by Gasteiger charge is -2.06. The summed E-state index contributed by atoms with van der Waals surface area (Å²) >= 11 is 0. The molecule has 5 nitrogen and oxygen atoms in total. The van der Waals surface area contributed by atoms with E-state index in [0.717, 1.165) is 11.1 Å². The number of nitrogens with one attached hydrogen (secondary N) is 3. The molecule has 2 aromatic carbocycles. The molecule has 0 heterocycles. The number of nitrogens with zero attached hydrogens (tertiary/aromatic N) is 1. The molecular formula is C15H16N4O. The predicted octanol–water partition coefficient (Wildman–Crippen LogP) is 2.02. The zero-order valence-corrected chi connectivity index (χ0v) is 10.9. The molecule has 0 unspecified atom stereocenters. The van der Waals surface area contributed by atoms with Gasteiger partial charge in [0.15, 0.2) is 0 Å². The van der Waals surface area contributed by atoms with Crippen LogP contribution in [0.3, 0.4) is 0 Å². The number of hydrogen-bond acceptors (Lipinski definition) is 3. The van der Waals surface area contributed by atoms with E-state index in [1.807, 2.05) is 60.7 Å². The number of benzene rings is 2. The summed E-state index contributed by atoms with van der Waals surface area (Å²) in [6, 6.07) is 18.9. The van der Waals surface area contributed by atoms with Crippen LogP contribution in [0.5, 0.6) is 0 Å². The molecular weight excluding hydrogens is 252 g/mol. The summed E-state index contributed by atoms with van der Waals surface area (Å²) in [4.78, 5) is 11.4. The van der Waals surface area contributed by atoms with Gasteiger partial charge in [0, 0.05) is 6.54 Å². The first-order valence-corrected chi connectivity index (χ1v) is 6.25. The van der Waals surface area contributed by atoms with Crippen LogP contribution < -0.4 is 16.3 Å². The Labute approximate surface area is 117 Å². The van der Waals surface area contributed by atoms with Crippen LogP contribution in [0.25, 0.3) is 0 Å². The SMILES string of the molecule is O=C(N/N=C/c1ccccc1)NNCc1ccccc1. The largest absolute Gasteiger partial charge is 0.349 e. The van der Waals surface area contributed by atoms with E-state index in [9.17, 15) is 4.79 Å². The third kappa shape index (κ3) is 4.91. The first-order chi connectivity index (χ1) is 9.84. The fourth-order valence-corrected chi connectivity index (χ4v) is 1.55. The molecule has 0 atom stereocenters. The molecule has 5 heteroatoms. The topological polar surface area (TPSA) is 65.5 Å². The molecule has 0 aliphatic rings. The molecule has 0 aliphatic carbocycles. The Bertz CT molecular complexity index is 555. The zero-order valence-electron chi connectivity index (χ0n) is 10.9. The smallest absolute Gasteiger partial charge is 0.271 e. The molecule has 2 rings (SSSR count). The monoisotopic (exact) mass is 268 g/mol. The van der Waals surface area contributed by atoms with Crippen molar-refractivity contribution >= 4 is 12.2 Å². The Morgan fingerprint density at radius 1 is 1.00 bits per heavy atom. The second kappa shape index (κ2) is 7.70. The minimum atomic E-state index is -0.409. The average molecular weight is 268 g/mol. The highest BCUT2D eigenvalue weighted by atomic mass is 16.2. The fourth-order valence-electron chi connectivity index (χ4n) is 1.55. The van der Waals surface area contributed by atoms with Crippen molar-refractivity contribution in [1.82, 2.24) is 16.3 Å². The van der Waals surface area contributed by atoms with Crippen LogP contribution in [0.1, 0.15) is 11.1 Å². The maximum Gasteiger partial charge on any atom is 0.349 e. The Balaban J connectivity index is 1.67. The van der Waals surface area contributed by atoms with Crippen molar-refractivity contribution in [1.29, 1.82) is 0 Å². The Morgan fingerprint density at radius 3 is 2.35 bits per heavy atom. The minimum absolute atomic E-state index is 0.409.